The van der Waals surface area contributed by atoms with Gasteiger partial charge in [0.2, 0.25) is 0 Å². The van der Waals surface area contributed by atoms with Gasteiger partial charge >= 0.3 is 0 Å². The van der Waals surface area contributed by atoms with E-state index in [0.29, 0.717) is 6.54 Å². The molecule has 1 saturated heterocycles. The van der Waals surface area contributed by atoms with Crippen molar-refractivity contribution < 1.29 is 17.9 Å². The van der Waals surface area contributed by atoms with Crippen LogP contribution in [0.1, 0.15) is 28.8 Å². The largest absolute Gasteiger partial charge is 0.376 e. The fourth-order valence-corrected chi connectivity index (χ4v) is 4.08. The summed E-state index contributed by atoms with van der Waals surface area (Å²) in [6.45, 7) is 3.20. The minimum atomic E-state index is -3.75. The van der Waals surface area contributed by atoms with Gasteiger partial charge in [0.05, 0.1) is 11.0 Å². The molecule has 1 amide bonds. The summed E-state index contributed by atoms with van der Waals surface area (Å²) in [6.07, 6.45) is 2.14. The number of nitrogens with one attached hydrogen (secondary N) is 4. The molecule has 0 radical (unpaired) electrons. The summed E-state index contributed by atoms with van der Waals surface area (Å²) < 4.78 is 33.0. The van der Waals surface area contributed by atoms with Gasteiger partial charge in [-0.05, 0) is 62.3 Å². The smallest absolute Gasteiger partial charge is 0.269 e. The van der Waals surface area contributed by atoms with Crippen LogP contribution in [0.2, 0.25) is 0 Å². The second kappa shape index (κ2) is 9.88. The van der Waals surface area contributed by atoms with Gasteiger partial charge in [-0.15, -0.1) is 0 Å². The van der Waals surface area contributed by atoms with Crippen LogP contribution in [0.4, 0.5) is 5.69 Å². The molecule has 2 aromatic rings. The van der Waals surface area contributed by atoms with Gasteiger partial charge in [-0.25, -0.2) is 8.42 Å². The van der Waals surface area contributed by atoms with E-state index < -0.39 is 15.9 Å². The molecule has 1 heterocycles. The highest BCUT2D eigenvalue weighted by Crippen LogP contribution is 2.18. The normalized spacial score (nSPS) is 16.0. The van der Waals surface area contributed by atoms with Crippen molar-refractivity contribution in [3.63, 3.8) is 0 Å². The number of rotatable bonds is 6. The molecule has 1 aliphatic rings. The zero-order valence-corrected chi connectivity index (χ0v) is 18.1. The lowest BCUT2D eigenvalue weighted by Crippen LogP contribution is -2.48. The summed E-state index contributed by atoms with van der Waals surface area (Å²) in [4.78, 5) is 12.5. The minimum Gasteiger partial charge on any atom is -0.376 e. The predicted molar refractivity (Wildman–Crippen MR) is 119 cm³/mol. The van der Waals surface area contributed by atoms with Crippen molar-refractivity contribution in [2.45, 2.75) is 30.8 Å². The number of sulfonamides is 1. The molecule has 2 aromatic carbocycles. The van der Waals surface area contributed by atoms with Gasteiger partial charge in [-0.1, -0.05) is 23.8 Å². The maximum Gasteiger partial charge on any atom is 0.269 e. The highest BCUT2D eigenvalue weighted by Gasteiger charge is 2.16. The average Bonchev–Trinajstić information content (AvgIpc) is 3.24. The lowest BCUT2D eigenvalue weighted by atomic mass is 10.2. The number of anilines is 1. The average molecular weight is 449 g/mol. The van der Waals surface area contributed by atoms with Crippen LogP contribution in [-0.2, 0) is 14.8 Å². The topological polar surface area (TPSA) is 109 Å². The number of carbonyl (C=O) groups is 1. The molecule has 160 valence electrons. The van der Waals surface area contributed by atoms with Crippen molar-refractivity contribution in [3.8, 4) is 0 Å². The van der Waals surface area contributed by atoms with Crippen molar-refractivity contribution in [2.24, 2.45) is 0 Å². The number of carbonyl (C=O) groups excluding carboxylic acids is 1. The highest BCUT2D eigenvalue weighted by molar-refractivity contribution is 7.92. The van der Waals surface area contributed by atoms with E-state index in [-0.39, 0.29) is 27.4 Å². The molecule has 0 aliphatic carbocycles. The molecule has 0 bridgehead atoms. The Bertz CT molecular complexity index is 1000. The maximum atomic E-state index is 12.5. The SMILES string of the molecule is Cc1ccc(S(=O)(=O)Nc2cccc(C(=O)NNC(=S)NCC3CCCO3)c2)cc1. The van der Waals surface area contributed by atoms with Gasteiger partial charge in [0, 0.05) is 24.4 Å². The van der Waals surface area contributed by atoms with Crippen LogP contribution >= 0.6 is 12.2 Å². The molecule has 1 aliphatic heterocycles. The van der Waals surface area contributed by atoms with Gasteiger partial charge in [0.15, 0.2) is 5.11 Å². The first-order valence-electron chi connectivity index (χ1n) is 9.49. The molecule has 0 spiro atoms. The minimum absolute atomic E-state index is 0.124. The fourth-order valence-electron chi connectivity index (χ4n) is 2.90. The Morgan fingerprint density at radius 2 is 1.93 bits per heavy atom. The summed E-state index contributed by atoms with van der Waals surface area (Å²) in [5, 5.41) is 3.26. The molecule has 8 nitrogen and oxygen atoms in total. The van der Waals surface area contributed by atoms with Crippen molar-refractivity contribution in [1.29, 1.82) is 0 Å². The molecule has 0 aromatic heterocycles. The van der Waals surface area contributed by atoms with Gasteiger partial charge in [0.1, 0.15) is 0 Å². The predicted octanol–water partition coefficient (Wildman–Crippen LogP) is 2.08. The van der Waals surface area contributed by atoms with Crippen LogP contribution in [0.5, 0.6) is 0 Å². The number of hydrogen-bond acceptors (Lipinski definition) is 5. The van der Waals surface area contributed by atoms with Crippen LogP contribution in [0, 0.1) is 6.92 Å². The van der Waals surface area contributed by atoms with E-state index in [1.807, 2.05) is 6.92 Å². The van der Waals surface area contributed by atoms with Crippen LogP contribution < -0.4 is 20.9 Å². The molecular weight excluding hydrogens is 424 g/mol. The molecule has 1 unspecified atom stereocenters. The van der Waals surface area contributed by atoms with Crippen LogP contribution in [0.15, 0.2) is 53.4 Å². The molecular formula is C20H24N4O4S2. The van der Waals surface area contributed by atoms with E-state index in [1.165, 1.54) is 18.2 Å². The summed E-state index contributed by atoms with van der Waals surface area (Å²) in [7, 11) is -3.75. The fraction of sp³-hybridized carbons (Fsp3) is 0.300. The lowest BCUT2D eigenvalue weighted by molar-refractivity contribution is 0.0943. The van der Waals surface area contributed by atoms with Gasteiger partial charge in [-0.2, -0.15) is 0 Å². The third-order valence-corrected chi connectivity index (χ3v) is 6.16. The molecule has 3 rings (SSSR count). The van der Waals surface area contributed by atoms with Crippen molar-refractivity contribution in [1.82, 2.24) is 16.2 Å². The number of amides is 1. The second-order valence-electron chi connectivity index (χ2n) is 6.92. The zero-order valence-electron chi connectivity index (χ0n) is 16.5. The molecule has 30 heavy (non-hydrogen) atoms. The standard InChI is InChI=1S/C20H24N4O4S2/c1-14-7-9-18(10-8-14)30(26,27)24-16-5-2-4-15(12-16)19(25)22-23-20(29)21-13-17-6-3-11-28-17/h2,4-5,7-10,12,17,24H,3,6,11,13H2,1H3,(H,22,25)(H2,21,23,29). The quantitative estimate of drug-likeness (QED) is 0.396. The van der Waals surface area contributed by atoms with E-state index >= 15 is 0 Å². The Balaban J connectivity index is 1.55. The summed E-state index contributed by atoms with van der Waals surface area (Å²) in [5.74, 6) is -0.451. The van der Waals surface area contributed by atoms with Crippen molar-refractivity contribution in [3.05, 3.63) is 59.7 Å². The Kier molecular flexibility index (Phi) is 7.24. The zero-order chi connectivity index (χ0) is 21.6. The van der Waals surface area contributed by atoms with Gasteiger partial charge in [0.25, 0.3) is 15.9 Å². The lowest BCUT2D eigenvalue weighted by Gasteiger charge is -2.15. The third kappa shape index (κ3) is 6.15. The van der Waals surface area contributed by atoms with E-state index in [9.17, 15) is 13.2 Å². The van der Waals surface area contributed by atoms with Crippen molar-refractivity contribution >= 4 is 38.9 Å². The monoisotopic (exact) mass is 448 g/mol. The molecule has 1 atom stereocenters. The molecule has 10 heteroatoms. The van der Waals surface area contributed by atoms with Crippen LogP contribution in [0.25, 0.3) is 0 Å². The van der Waals surface area contributed by atoms with E-state index in [0.717, 1.165) is 25.0 Å². The second-order valence-corrected chi connectivity index (χ2v) is 9.01. The number of hydrogen-bond donors (Lipinski definition) is 4. The number of ether oxygens (including phenoxy) is 1. The summed E-state index contributed by atoms with van der Waals surface area (Å²) >= 11 is 5.13. The molecule has 1 fully saturated rings. The van der Waals surface area contributed by atoms with Gasteiger partial charge in [-0.3, -0.25) is 20.4 Å². The number of thiocarbonyl (C=S) groups is 1. The Hall–Kier alpha value is -2.69. The van der Waals surface area contributed by atoms with E-state index in [4.69, 9.17) is 17.0 Å². The summed E-state index contributed by atoms with van der Waals surface area (Å²) in [5.41, 5.74) is 6.63. The van der Waals surface area contributed by atoms with Crippen molar-refractivity contribution in [2.75, 3.05) is 17.9 Å². The van der Waals surface area contributed by atoms with Gasteiger partial charge < -0.3 is 10.1 Å². The molecule has 0 saturated carbocycles. The summed E-state index contributed by atoms with van der Waals surface area (Å²) in [6, 6.07) is 12.7. The Labute approximate surface area is 181 Å². The third-order valence-electron chi connectivity index (χ3n) is 4.51. The molecule has 4 N–H and O–H groups in total. The first-order valence-corrected chi connectivity index (χ1v) is 11.4. The van der Waals surface area contributed by atoms with Crippen LogP contribution in [-0.4, -0.2) is 38.7 Å². The number of benzene rings is 2. The number of hydrazine groups is 1. The van der Waals surface area contributed by atoms with E-state index in [1.54, 1.807) is 30.3 Å². The first-order chi connectivity index (χ1) is 14.3. The Morgan fingerprint density at radius 1 is 1.17 bits per heavy atom. The Morgan fingerprint density at radius 3 is 2.63 bits per heavy atom. The highest BCUT2D eigenvalue weighted by atomic mass is 32.2. The van der Waals surface area contributed by atoms with E-state index in [2.05, 4.69) is 20.9 Å². The van der Waals surface area contributed by atoms with Crippen LogP contribution in [0.3, 0.4) is 0 Å². The number of aryl methyl sites for hydroxylation is 1. The first kappa shape index (κ1) is 22.0. The maximum absolute atomic E-state index is 12.5.